The van der Waals surface area contributed by atoms with Crippen LogP contribution in [-0.4, -0.2) is 6.04 Å². The quantitative estimate of drug-likeness (QED) is 0.201. The molecule has 0 radical (unpaired) electrons. The molecule has 2 atom stereocenters. The average Bonchev–Trinajstić information content (AvgIpc) is 3.70. The minimum absolute atomic E-state index is 0.0100. The molecule has 212 valence electrons. The zero-order chi connectivity index (χ0) is 30.4. The lowest BCUT2D eigenvalue weighted by Crippen LogP contribution is -2.29. The highest BCUT2D eigenvalue weighted by atomic mass is 32.1. The number of anilines is 2. The summed E-state index contributed by atoms with van der Waals surface area (Å²) in [5.74, 6) is 0.0607. The molecule has 1 aliphatic heterocycles. The molecule has 1 aromatic heterocycles. The summed E-state index contributed by atoms with van der Waals surface area (Å²) in [7, 11) is 0. The molecule has 0 N–H and O–H groups in total. The molecule has 0 fully saturated rings. The number of rotatable bonds is 2. The van der Waals surface area contributed by atoms with E-state index in [1.165, 1.54) is 53.6 Å². The summed E-state index contributed by atoms with van der Waals surface area (Å²) in [4.78, 5) is 2.37. The van der Waals surface area contributed by atoms with Crippen molar-refractivity contribution in [3.63, 3.8) is 0 Å². The predicted octanol–water partition coefficient (Wildman–Crippen LogP) is 10.5. The number of hydrogen-bond acceptors (Lipinski definition) is 4. The van der Waals surface area contributed by atoms with E-state index in [0.717, 1.165) is 16.9 Å². The third-order valence-corrected chi connectivity index (χ3v) is 11.3. The molecule has 45 heavy (non-hydrogen) atoms. The largest absolute Gasteiger partial charge is 0.333 e. The second-order valence-corrected chi connectivity index (χ2v) is 13.7. The van der Waals surface area contributed by atoms with E-state index in [0.29, 0.717) is 11.1 Å². The first-order valence-electron chi connectivity index (χ1n) is 15.3. The first kappa shape index (κ1) is 26.0. The van der Waals surface area contributed by atoms with Crippen molar-refractivity contribution in [1.29, 1.82) is 10.5 Å². The van der Waals surface area contributed by atoms with Gasteiger partial charge in [0.1, 0.15) is 0 Å². The molecule has 0 saturated carbocycles. The summed E-state index contributed by atoms with van der Waals surface area (Å²) in [6, 6.07) is 39.4. The van der Waals surface area contributed by atoms with Crippen molar-refractivity contribution in [2.24, 2.45) is 0 Å². The summed E-state index contributed by atoms with van der Waals surface area (Å²) in [6.07, 6.45) is 6.17. The van der Waals surface area contributed by atoms with Crippen LogP contribution in [0.1, 0.15) is 42.0 Å². The Hall–Kier alpha value is -5.42. The van der Waals surface area contributed by atoms with Crippen molar-refractivity contribution in [2.75, 3.05) is 4.90 Å². The Kier molecular flexibility index (Phi) is 5.37. The number of benzene rings is 5. The molecule has 0 spiro atoms. The third-order valence-electron chi connectivity index (χ3n) is 10.1. The third kappa shape index (κ3) is 3.49. The second-order valence-electron chi connectivity index (χ2n) is 12.7. The highest BCUT2D eigenvalue weighted by molar-refractivity contribution is 7.27. The first-order chi connectivity index (χ1) is 22.0. The molecule has 0 bridgehead atoms. The number of hydrogen-bond donors (Lipinski definition) is 0. The van der Waals surface area contributed by atoms with Gasteiger partial charge in [-0.3, -0.25) is 0 Å². The molecule has 0 amide bonds. The van der Waals surface area contributed by atoms with E-state index in [1.807, 2.05) is 29.5 Å². The number of thiophene rings is 1. The van der Waals surface area contributed by atoms with E-state index in [1.54, 1.807) is 0 Å². The lowest BCUT2D eigenvalue weighted by Gasteiger charge is -2.31. The molecule has 2 aliphatic carbocycles. The number of nitriles is 2. The van der Waals surface area contributed by atoms with Gasteiger partial charge in [0.25, 0.3) is 0 Å². The van der Waals surface area contributed by atoms with Crippen molar-refractivity contribution in [3.05, 3.63) is 143 Å². The zero-order valence-corrected chi connectivity index (χ0v) is 25.7. The summed E-state index contributed by atoms with van der Waals surface area (Å²) in [5.41, 5.74) is 12.3. The van der Waals surface area contributed by atoms with Gasteiger partial charge in [0, 0.05) is 59.5 Å². The minimum atomic E-state index is -0.0491. The first-order valence-corrected chi connectivity index (χ1v) is 16.1. The van der Waals surface area contributed by atoms with Gasteiger partial charge in [-0.2, -0.15) is 10.5 Å². The van der Waals surface area contributed by atoms with E-state index in [4.69, 9.17) is 0 Å². The van der Waals surface area contributed by atoms with Crippen LogP contribution in [0.2, 0.25) is 0 Å². The van der Waals surface area contributed by atoms with Crippen LogP contribution in [0.15, 0.2) is 121 Å². The molecule has 6 aromatic rings. The van der Waals surface area contributed by atoms with E-state index in [2.05, 4.69) is 128 Å². The van der Waals surface area contributed by atoms with Crippen LogP contribution in [0.5, 0.6) is 0 Å². The van der Waals surface area contributed by atoms with E-state index >= 15 is 0 Å². The fourth-order valence-corrected chi connectivity index (χ4v) is 9.38. The maximum Gasteiger partial charge on any atom is 0.0992 e. The Morgan fingerprint density at radius 3 is 2.38 bits per heavy atom. The monoisotopic (exact) mass is 593 g/mol. The van der Waals surface area contributed by atoms with Gasteiger partial charge in [0.05, 0.1) is 29.4 Å². The lowest BCUT2D eigenvalue weighted by molar-refractivity contribution is 0.661. The van der Waals surface area contributed by atoms with Gasteiger partial charge in [-0.25, -0.2) is 0 Å². The molecular formula is C41H27N3S. The van der Waals surface area contributed by atoms with Gasteiger partial charge >= 0.3 is 0 Å². The summed E-state index contributed by atoms with van der Waals surface area (Å²) >= 11 is 1.88. The van der Waals surface area contributed by atoms with Crippen molar-refractivity contribution in [1.82, 2.24) is 0 Å². The number of para-hydroxylation sites is 1. The average molecular weight is 594 g/mol. The summed E-state index contributed by atoms with van der Waals surface area (Å²) in [5, 5.41) is 22.2. The molecule has 2 unspecified atom stereocenters. The van der Waals surface area contributed by atoms with Crippen molar-refractivity contribution < 1.29 is 0 Å². The van der Waals surface area contributed by atoms with Crippen molar-refractivity contribution in [2.45, 2.75) is 31.2 Å². The standard InChI is InChI=1S/C41H27N3S/c1-41(2)33-12-5-3-9-31(33)38-34(41)18-17-30-29-11-7-10-28(39(29)45-40(30)38)27-16-14-25(23-43)21-37(27)44-35-13-6-4-8-26(35)32-20-24(22-42)15-19-36(32)44/h3-21,32,36H,1-2H3. The molecule has 0 saturated heterocycles. The van der Waals surface area contributed by atoms with Crippen LogP contribution >= 0.6 is 11.3 Å². The molecule has 9 rings (SSSR count). The highest BCUT2D eigenvalue weighted by Crippen LogP contribution is 2.56. The topological polar surface area (TPSA) is 50.8 Å². The van der Waals surface area contributed by atoms with Gasteiger partial charge in [-0.1, -0.05) is 105 Å². The Balaban J connectivity index is 1.30. The highest BCUT2D eigenvalue weighted by Gasteiger charge is 2.40. The second kappa shape index (κ2) is 9.29. The summed E-state index contributed by atoms with van der Waals surface area (Å²) < 4.78 is 2.59. The Labute approximate surface area is 266 Å². The van der Waals surface area contributed by atoms with Gasteiger partial charge in [-0.05, 0) is 46.5 Å². The Morgan fingerprint density at radius 2 is 1.51 bits per heavy atom. The van der Waals surface area contributed by atoms with Gasteiger partial charge < -0.3 is 4.90 Å². The molecule has 4 heteroatoms. The van der Waals surface area contributed by atoms with E-state index in [9.17, 15) is 10.5 Å². The number of allylic oxidation sites excluding steroid dienone is 2. The minimum Gasteiger partial charge on any atom is -0.333 e. The smallest absolute Gasteiger partial charge is 0.0992 e. The van der Waals surface area contributed by atoms with Gasteiger partial charge in [-0.15, -0.1) is 11.3 Å². The molecular weight excluding hydrogens is 567 g/mol. The molecule has 3 aliphatic rings. The maximum absolute atomic E-state index is 10.0. The van der Waals surface area contributed by atoms with E-state index < -0.39 is 0 Å². The van der Waals surface area contributed by atoms with E-state index in [-0.39, 0.29) is 17.4 Å². The van der Waals surface area contributed by atoms with Crippen LogP contribution in [0, 0.1) is 22.7 Å². The van der Waals surface area contributed by atoms with Crippen LogP contribution in [0.25, 0.3) is 42.4 Å². The van der Waals surface area contributed by atoms with Crippen LogP contribution in [0.3, 0.4) is 0 Å². The normalized spacial score (nSPS) is 18.6. The Bertz CT molecular complexity index is 2410. The lowest BCUT2D eigenvalue weighted by atomic mass is 9.82. The molecule has 3 nitrogen and oxygen atoms in total. The van der Waals surface area contributed by atoms with Gasteiger partial charge in [0.2, 0.25) is 0 Å². The summed E-state index contributed by atoms with van der Waals surface area (Å²) in [6.45, 7) is 4.67. The van der Waals surface area contributed by atoms with Crippen LogP contribution < -0.4 is 4.90 Å². The zero-order valence-electron chi connectivity index (χ0n) is 24.9. The fraction of sp³-hybridized carbons (Fsp3) is 0.122. The van der Waals surface area contributed by atoms with Gasteiger partial charge in [0.15, 0.2) is 0 Å². The predicted molar refractivity (Wildman–Crippen MR) is 185 cm³/mol. The SMILES string of the molecule is CC1(C)c2ccccc2-c2c1ccc1c2sc2c(-c3ccc(C#N)cc3N3c4ccccc4C4C=C(C#N)C=CC43)cccc21. The van der Waals surface area contributed by atoms with Crippen LogP contribution in [0.4, 0.5) is 11.4 Å². The maximum atomic E-state index is 10.0. The van der Waals surface area contributed by atoms with Crippen molar-refractivity contribution >= 4 is 42.9 Å². The van der Waals surface area contributed by atoms with Crippen molar-refractivity contribution in [3.8, 4) is 34.4 Å². The molecule has 2 heterocycles. The van der Waals surface area contributed by atoms with Crippen LogP contribution in [-0.2, 0) is 5.41 Å². The Morgan fingerprint density at radius 1 is 0.711 bits per heavy atom. The molecule has 5 aromatic carbocycles. The fourth-order valence-electron chi connectivity index (χ4n) is 7.99. The number of fused-ring (bicyclic) bond motifs is 10. The number of nitrogens with zero attached hydrogens (tertiary/aromatic N) is 3.